The number of hydrogen-bond donors (Lipinski definition) is 2. The molecule has 1 atom stereocenters. The van der Waals surface area contributed by atoms with Crippen molar-refractivity contribution in [2.24, 2.45) is 5.41 Å². The first-order chi connectivity index (χ1) is 18.7. The summed E-state index contributed by atoms with van der Waals surface area (Å²) in [5.41, 5.74) is 3.28. The number of aliphatic hydroxyl groups is 1. The fourth-order valence-electron chi connectivity index (χ4n) is 5.66. The molecule has 0 spiro atoms. The van der Waals surface area contributed by atoms with E-state index in [9.17, 15) is 9.90 Å². The number of aliphatic carboxylic acids is 1. The molecule has 204 valence electrons. The van der Waals surface area contributed by atoms with E-state index in [-0.39, 0.29) is 5.41 Å². The van der Waals surface area contributed by atoms with Crippen LogP contribution in [0.2, 0.25) is 5.02 Å². The Morgan fingerprint density at radius 2 is 1.97 bits per heavy atom. The molecule has 1 aromatic heterocycles. The van der Waals surface area contributed by atoms with Gasteiger partial charge in [-0.1, -0.05) is 49.7 Å². The van der Waals surface area contributed by atoms with Crippen LogP contribution in [0.4, 0.5) is 0 Å². The molecule has 39 heavy (non-hydrogen) atoms. The van der Waals surface area contributed by atoms with Gasteiger partial charge in [0.2, 0.25) is 0 Å². The van der Waals surface area contributed by atoms with Crippen LogP contribution in [-0.2, 0) is 17.0 Å². The lowest BCUT2D eigenvalue weighted by molar-refractivity contribution is -0.139. The number of benzene rings is 2. The largest absolute Gasteiger partial charge is 0.487 e. The average molecular weight is 549 g/mol. The fraction of sp³-hybridized carbons (Fsp3) is 0.355. The number of likely N-dealkylation sites (tertiary alicyclic amines) is 1. The summed E-state index contributed by atoms with van der Waals surface area (Å²) >= 11 is 6.08. The summed E-state index contributed by atoms with van der Waals surface area (Å²) < 4.78 is 11.5. The van der Waals surface area contributed by atoms with Crippen molar-refractivity contribution in [1.29, 1.82) is 0 Å². The van der Waals surface area contributed by atoms with E-state index in [1.54, 1.807) is 12.3 Å². The summed E-state index contributed by atoms with van der Waals surface area (Å²) in [6.07, 6.45) is 5.36. The first kappa shape index (κ1) is 27.2. The van der Waals surface area contributed by atoms with Gasteiger partial charge in [-0.05, 0) is 60.4 Å². The minimum absolute atomic E-state index is 0.347. The Hall–Kier alpha value is -3.39. The number of carbonyl (C=O) groups is 1. The monoisotopic (exact) mass is 548 g/mol. The van der Waals surface area contributed by atoms with Gasteiger partial charge in [0.05, 0.1) is 11.3 Å². The average Bonchev–Trinajstić information content (AvgIpc) is 3.06. The number of ether oxygens (including phenoxy) is 2. The van der Waals surface area contributed by atoms with Crippen molar-refractivity contribution < 1.29 is 24.5 Å². The third-order valence-electron chi connectivity index (χ3n) is 7.79. The number of fused-ring (bicyclic) bond motifs is 2. The highest BCUT2D eigenvalue weighted by Gasteiger charge is 2.48. The van der Waals surface area contributed by atoms with E-state index in [1.165, 1.54) is 0 Å². The van der Waals surface area contributed by atoms with Crippen molar-refractivity contribution in [2.75, 3.05) is 26.2 Å². The molecule has 1 fully saturated rings. The number of rotatable bonds is 7. The van der Waals surface area contributed by atoms with Crippen LogP contribution in [-0.4, -0.2) is 52.3 Å². The van der Waals surface area contributed by atoms with Gasteiger partial charge in [0.15, 0.2) is 6.61 Å². The van der Waals surface area contributed by atoms with E-state index < -0.39 is 18.2 Å². The van der Waals surface area contributed by atoms with E-state index in [2.05, 4.69) is 29.8 Å². The van der Waals surface area contributed by atoms with E-state index in [0.717, 1.165) is 54.0 Å². The molecule has 0 radical (unpaired) electrons. The fourth-order valence-corrected chi connectivity index (χ4v) is 5.79. The second-order valence-electron chi connectivity index (χ2n) is 10.8. The minimum atomic E-state index is -1.03. The van der Waals surface area contributed by atoms with Crippen LogP contribution in [0, 0.1) is 5.41 Å². The van der Waals surface area contributed by atoms with Gasteiger partial charge in [-0.25, -0.2) is 4.79 Å². The van der Waals surface area contributed by atoms with Crippen molar-refractivity contribution in [3.63, 3.8) is 0 Å². The summed E-state index contributed by atoms with van der Waals surface area (Å²) in [4.78, 5) is 18.0. The van der Waals surface area contributed by atoms with Crippen molar-refractivity contribution in [2.45, 2.75) is 38.9 Å². The molecule has 3 aromatic rings. The lowest BCUT2D eigenvalue weighted by Gasteiger charge is -2.50. The summed E-state index contributed by atoms with van der Waals surface area (Å²) in [7, 11) is 0. The SMILES string of the molecule is CC1(C)CN(CC/C=C2/c3cc(OCC(=O)O)ccc3OCc3ncccc32)CCC1(O)c1ccc(Cl)cc1. The molecule has 2 N–H and O–H groups in total. The van der Waals surface area contributed by atoms with E-state index in [0.29, 0.717) is 29.5 Å². The zero-order valence-corrected chi connectivity index (χ0v) is 22.9. The van der Waals surface area contributed by atoms with Crippen molar-refractivity contribution in [3.05, 3.63) is 94.3 Å². The van der Waals surface area contributed by atoms with Gasteiger partial charge in [-0.3, -0.25) is 4.98 Å². The van der Waals surface area contributed by atoms with Gasteiger partial charge in [-0.15, -0.1) is 0 Å². The van der Waals surface area contributed by atoms with Crippen LogP contribution in [0.1, 0.15) is 49.1 Å². The maximum Gasteiger partial charge on any atom is 0.341 e. The number of aromatic nitrogens is 1. The third kappa shape index (κ3) is 5.66. The smallest absolute Gasteiger partial charge is 0.341 e. The van der Waals surface area contributed by atoms with Crippen molar-refractivity contribution in [3.8, 4) is 11.5 Å². The van der Waals surface area contributed by atoms with Gasteiger partial charge in [0, 0.05) is 47.4 Å². The standard InChI is InChI=1S/C31H33ClN2O5/c1-30(2)20-34(16-13-31(30,37)21-7-9-22(32)10-8-21)15-4-6-24-25-5-3-14-33-27(25)18-39-28-12-11-23(17-26(24)28)38-19-29(35)36/h3,5-12,14,17,37H,4,13,15-16,18-20H2,1-2H3,(H,35,36)/b24-6+. The lowest BCUT2D eigenvalue weighted by atomic mass is 9.66. The number of pyridine rings is 1. The Morgan fingerprint density at radius 1 is 1.18 bits per heavy atom. The van der Waals surface area contributed by atoms with Crippen LogP contribution in [0.3, 0.4) is 0 Å². The maximum atomic E-state index is 11.7. The van der Waals surface area contributed by atoms with Crippen molar-refractivity contribution in [1.82, 2.24) is 9.88 Å². The normalized spacial score (nSPS) is 21.4. The van der Waals surface area contributed by atoms with Gasteiger partial charge >= 0.3 is 5.97 Å². The molecular formula is C31H33ClN2O5. The number of carboxylic acids is 1. The predicted octanol–water partition coefficient (Wildman–Crippen LogP) is 5.53. The molecule has 2 aromatic carbocycles. The Bertz CT molecular complexity index is 1390. The first-order valence-electron chi connectivity index (χ1n) is 13.1. The van der Waals surface area contributed by atoms with Gasteiger partial charge in [0.1, 0.15) is 18.1 Å². The topological polar surface area (TPSA) is 92.1 Å². The molecule has 1 saturated heterocycles. The zero-order valence-electron chi connectivity index (χ0n) is 22.2. The second-order valence-corrected chi connectivity index (χ2v) is 11.2. The number of nitrogens with zero attached hydrogens (tertiary/aromatic N) is 2. The Morgan fingerprint density at radius 3 is 2.72 bits per heavy atom. The quantitative estimate of drug-likeness (QED) is 0.401. The predicted molar refractivity (Wildman–Crippen MR) is 150 cm³/mol. The van der Waals surface area contributed by atoms with Crippen molar-refractivity contribution >= 4 is 23.1 Å². The third-order valence-corrected chi connectivity index (χ3v) is 8.04. The molecular weight excluding hydrogens is 516 g/mol. The Kier molecular flexibility index (Phi) is 7.67. The summed E-state index contributed by atoms with van der Waals surface area (Å²) in [5.74, 6) is 0.144. The molecule has 2 aliphatic heterocycles. The summed E-state index contributed by atoms with van der Waals surface area (Å²) in [6, 6.07) is 16.8. The first-order valence-corrected chi connectivity index (χ1v) is 13.5. The molecule has 3 heterocycles. The van der Waals surface area contributed by atoms with Crippen LogP contribution < -0.4 is 9.47 Å². The lowest BCUT2D eigenvalue weighted by Crippen LogP contribution is -2.55. The molecule has 1 unspecified atom stereocenters. The highest BCUT2D eigenvalue weighted by Crippen LogP contribution is 2.46. The molecule has 0 aliphatic carbocycles. The number of halogens is 1. The molecule has 0 amide bonds. The summed E-state index contributed by atoms with van der Waals surface area (Å²) in [5, 5.41) is 21.4. The van der Waals surface area contributed by atoms with E-state index in [1.807, 2.05) is 48.5 Å². The molecule has 0 saturated carbocycles. The molecule has 7 nitrogen and oxygen atoms in total. The van der Waals surface area contributed by atoms with Gasteiger partial charge in [0.25, 0.3) is 0 Å². The van der Waals surface area contributed by atoms with Crippen LogP contribution in [0.25, 0.3) is 5.57 Å². The van der Waals surface area contributed by atoms with Crippen LogP contribution in [0.5, 0.6) is 11.5 Å². The molecule has 5 rings (SSSR count). The number of carboxylic acid groups (broad SMARTS) is 1. The van der Waals surface area contributed by atoms with E-state index in [4.69, 9.17) is 26.2 Å². The second kappa shape index (κ2) is 11.0. The Balaban J connectivity index is 1.37. The summed E-state index contributed by atoms with van der Waals surface area (Å²) in [6.45, 7) is 6.52. The zero-order chi connectivity index (χ0) is 27.6. The highest BCUT2D eigenvalue weighted by atomic mass is 35.5. The molecule has 2 aliphatic rings. The highest BCUT2D eigenvalue weighted by molar-refractivity contribution is 6.30. The van der Waals surface area contributed by atoms with Crippen LogP contribution >= 0.6 is 11.6 Å². The molecule has 8 heteroatoms. The van der Waals surface area contributed by atoms with Gasteiger partial charge in [-0.2, -0.15) is 0 Å². The number of hydrogen-bond acceptors (Lipinski definition) is 6. The Labute approximate surface area is 233 Å². The minimum Gasteiger partial charge on any atom is -0.487 e. The maximum absolute atomic E-state index is 11.7. The number of piperidine rings is 1. The van der Waals surface area contributed by atoms with E-state index >= 15 is 0 Å². The van der Waals surface area contributed by atoms with Gasteiger partial charge < -0.3 is 24.6 Å². The molecule has 0 bridgehead atoms. The van der Waals surface area contributed by atoms with Crippen LogP contribution in [0.15, 0.2) is 66.9 Å².